The lowest BCUT2D eigenvalue weighted by Gasteiger charge is -2.37. The van der Waals surface area contributed by atoms with Crippen molar-refractivity contribution in [2.24, 2.45) is 0 Å². The molecule has 1 heterocycles. The lowest BCUT2D eigenvalue weighted by Crippen LogP contribution is -2.53. The third-order valence-corrected chi connectivity index (χ3v) is 3.53. The van der Waals surface area contributed by atoms with E-state index in [2.05, 4.69) is 0 Å². The van der Waals surface area contributed by atoms with Gasteiger partial charge in [0.1, 0.15) is 11.5 Å². The Balaban J connectivity index is 2.79. The van der Waals surface area contributed by atoms with Crippen LogP contribution in [0.5, 0.6) is 0 Å². The van der Waals surface area contributed by atoms with Gasteiger partial charge >= 0.3 is 12.2 Å². The molecule has 2 unspecified atom stereocenters. The minimum atomic E-state index is -2.84. The average Bonchev–Trinajstić information content (AvgIpc) is 2.34. The van der Waals surface area contributed by atoms with Crippen molar-refractivity contribution in [2.45, 2.75) is 45.5 Å². The van der Waals surface area contributed by atoms with Crippen molar-refractivity contribution < 1.29 is 32.6 Å². The molecule has 0 saturated carbocycles. The summed E-state index contributed by atoms with van der Waals surface area (Å²) >= 11 is 0. The number of rotatable bonds is 4. The Morgan fingerprint density at radius 1 is 1.35 bits per heavy atom. The Bertz CT molecular complexity index is 507. The number of ether oxygens (including phenoxy) is 2. The van der Waals surface area contributed by atoms with Crippen LogP contribution < -0.4 is 0 Å². The zero-order chi connectivity index (χ0) is 17.8. The molecule has 9 nitrogen and oxygen atoms in total. The van der Waals surface area contributed by atoms with Crippen LogP contribution in [-0.2, 0) is 20.2 Å². The van der Waals surface area contributed by atoms with Crippen molar-refractivity contribution in [1.82, 2.24) is 9.80 Å². The summed E-state index contributed by atoms with van der Waals surface area (Å²) in [5.41, 5.74) is -0.766. The van der Waals surface area contributed by atoms with Gasteiger partial charge in [0.25, 0.3) is 0 Å². The highest BCUT2D eigenvalue weighted by molar-refractivity contribution is 7.72. The topological polar surface area (TPSA) is 113 Å². The van der Waals surface area contributed by atoms with Gasteiger partial charge in [-0.2, -0.15) is 0 Å². The smallest absolute Gasteiger partial charge is 0.411 e. The summed E-state index contributed by atoms with van der Waals surface area (Å²) in [6.45, 7) is 6.96. The molecule has 1 N–H and O–H groups in total. The van der Waals surface area contributed by atoms with Gasteiger partial charge in [0.05, 0.1) is 31.8 Å². The van der Waals surface area contributed by atoms with Crippen LogP contribution in [0.2, 0.25) is 0 Å². The van der Waals surface area contributed by atoms with Crippen LogP contribution in [0.1, 0.15) is 27.7 Å². The first-order valence-corrected chi connectivity index (χ1v) is 8.57. The van der Waals surface area contributed by atoms with Gasteiger partial charge in [0.2, 0.25) is 0 Å². The van der Waals surface area contributed by atoms with E-state index in [1.54, 1.807) is 27.7 Å². The van der Waals surface area contributed by atoms with Gasteiger partial charge < -0.3 is 19.5 Å². The van der Waals surface area contributed by atoms with E-state index in [0.29, 0.717) is 0 Å². The van der Waals surface area contributed by atoms with Gasteiger partial charge in [0, 0.05) is 0 Å². The largest absolute Gasteiger partial charge is 0.465 e. The molecule has 1 aliphatic heterocycles. The number of carbonyl (C=O) groups is 2. The Kier molecular flexibility index (Phi) is 6.63. The Morgan fingerprint density at radius 2 is 1.96 bits per heavy atom. The molecule has 1 rings (SSSR count). The fraction of sp³-hybridized carbons (Fsp3) is 0.846. The van der Waals surface area contributed by atoms with E-state index in [1.165, 1.54) is 4.90 Å². The first-order chi connectivity index (χ1) is 10.5. The van der Waals surface area contributed by atoms with Crippen molar-refractivity contribution in [2.75, 3.05) is 25.5 Å². The van der Waals surface area contributed by atoms with E-state index in [1.807, 2.05) is 0 Å². The van der Waals surface area contributed by atoms with E-state index in [-0.39, 0.29) is 25.7 Å². The normalized spacial score (nSPS) is 22.0. The molecule has 0 radical (unpaired) electrons. The predicted molar refractivity (Wildman–Crippen MR) is 82.1 cm³/mol. The monoisotopic (exact) mass is 352 g/mol. The van der Waals surface area contributed by atoms with Crippen LogP contribution in [0.15, 0.2) is 0 Å². The molecular weight excluding hydrogens is 328 g/mol. The summed E-state index contributed by atoms with van der Waals surface area (Å²) in [6, 6.07) is 0. The zero-order valence-electron chi connectivity index (χ0n) is 13.7. The Morgan fingerprint density at radius 3 is 2.43 bits per heavy atom. The maximum absolute atomic E-state index is 12.1. The molecule has 0 spiro atoms. The summed E-state index contributed by atoms with van der Waals surface area (Å²) in [7, 11) is -2.84. The van der Waals surface area contributed by atoms with E-state index in [4.69, 9.17) is 14.6 Å². The molecule has 1 saturated heterocycles. The van der Waals surface area contributed by atoms with Gasteiger partial charge in [-0.15, -0.1) is 0 Å². The first-order valence-electron chi connectivity index (χ1n) is 7.21. The second-order valence-electron chi connectivity index (χ2n) is 6.43. The molecule has 2 amide bonds. The maximum Gasteiger partial charge on any atom is 0.411 e. The number of nitrogens with zero attached hydrogens (tertiary/aromatic N) is 2. The minimum Gasteiger partial charge on any atom is -0.465 e. The quantitative estimate of drug-likeness (QED) is 0.711. The summed E-state index contributed by atoms with van der Waals surface area (Å²) < 4.78 is 32.8. The second-order valence-corrected chi connectivity index (χ2v) is 7.38. The summed E-state index contributed by atoms with van der Waals surface area (Å²) in [4.78, 5) is 25.4. The molecule has 1 aliphatic rings. The summed E-state index contributed by atoms with van der Waals surface area (Å²) in [5, 5.41) is 9.08. The molecule has 0 aromatic heterocycles. The SMILES string of the molecule is CC1CN(C(=O)O)CC(CN(C[SH](=O)=O)C(=O)OC(C)(C)C)O1. The molecule has 0 bridgehead atoms. The van der Waals surface area contributed by atoms with Crippen LogP contribution in [0.4, 0.5) is 9.59 Å². The number of carbonyl (C=O) groups excluding carboxylic acids is 1. The van der Waals surface area contributed by atoms with E-state index < -0.39 is 40.5 Å². The van der Waals surface area contributed by atoms with Crippen LogP contribution >= 0.6 is 0 Å². The average molecular weight is 352 g/mol. The van der Waals surface area contributed by atoms with Crippen LogP contribution in [0.3, 0.4) is 0 Å². The molecule has 134 valence electrons. The van der Waals surface area contributed by atoms with Crippen molar-refractivity contribution in [3.8, 4) is 0 Å². The van der Waals surface area contributed by atoms with Crippen molar-refractivity contribution >= 4 is 22.9 Å². The summed E-state index contributed by atoms with van der Waals surface area (Å²) in [5.74, 6) is -0.508. The van der Waals surface area contributed by atoms with Crippen molar-refractivity contribution in [3.63, 3.8) is 0 Å². The van der Waals surface area contributed by atoms with Gasteiger partial charge in [-0.05, 0) is 27.7 Å². The highest BCUT2D eigenvalue weighted by atomic mass is 32.2. The zero-order valence-corrected chi connectivity index (χ0v) is 14.6. The number of hydrogen-bond acceptors (Lipinski definition) is 6. The van der Waals surface area contributed by atoms with Crippen molar-refractivity contribution in [1.29, 1.82) is 0 Å². The van der Waals surface area contributed by atoms with Gasteiger partial charge in [-0.1, -0.05) is 0 Å². The van der Waals surface area contributed by atoms with Gasteiger partial charge in [0.15, 0.2) is 10.7 Å². The van der Waals surface area contributed by atoms with Crippen LogP contribution in [-0.4, -0.2) is 78.8 Å². The first kappa shape index (κ1) is 19.5. The van der Waals surface area contributed by atoms with Gasteiger partial charge in [-0.3, -0.25) is 4.90 Å². The molecule has 0 aromatic carbocycles. The number of morpholine rings is 1. The Labute approximate surface area is 137 Å². The number of carboxylic acid groups (broad SMARTS) is 1. The molecule has 0 aliphatic carbocycles. The highest BCUT2D eigenvalue weighted by Crippen LogP contribution is 2.15. The van der Waals surface area contributed by atoms with E-state index in [0.717, 1.165) is 4.90 Å². The summed E-state index contributed by atoms with van der Waals surface area (Å²) in [6.07, 6.45) is -2.81. The van der Waals surface area contributed by atoms with Crippen LogP contribution in [0, 0.1) is 0 Å². The molecule has 23 heavy (non-hydrogen) atoms. The number of amides is 2. The third kappa shape index (κ3) is 7.04. The van der Waals surface area contributed by atoms with Crippen molar-refractivity contribution in [3.05, 3.63) is 0 Å². The van der Waals surface area contributed by atoms with E-state index >= 15 is 0 Å². The maximum atomic E-state index is 12.1. The standard InChI is InChI=1S/C13H24N2O7S/c1-9-5-14(11(16)17)6-10(21-9)7-15(8-23(19)20)12(18)22-13(2,3)4/h9-10,23H,5-8H2,1-4H3,(H,16,17). The highest BCUT2D eigenvalue weighted by Gasteiger charge is 2.32. The number of thiol groups is 1. The molecule has 0 aromatic rings. The molecule has 2 atom stereocenters. The fourth-order valence-corrected chi connectivity index (χ4v) is 2.71. The lowest BCUT2D eigenvalue weighted by atomic mass is 10.2. The Hall–Kier alpha value is -1.55. The number of hydrogen-bond donors (Lipinski definition) is 2. The van der Waals surface area contributed by atoms with Crippen LogP contribution in [0.25, 0.3) is 0 Å². The molecule has 10 heteroatoms. The van der Waals surface area contributed by atoms with E-state index in [9.17, 15) is 18.0 Å². The molecular formula is C13H24N2O7S. The predicted octanol–water partition coefficient (Wildman–Crippen LogP) is 0.560. The molecule has 1 fully saturated rings. The minimum absolute atomic E-state index is 0.0631. The third-order valence-electron chi connectivity index (χ3n) is 2.96. The lowest BCUT2D eigenvalue weighted by molar-refractivity contribution is -0.0793. The second kappa shape index (κ2) is 7.82. The fourth-order valence-electron chi connectivity index (χ4n) is 2.20. The van der Waals surface area contributed by atoms with Gasteiger partial charge in [-0.25, -0.2) is 18.0 Å².